The summed E-state index contributed by atoms with van der Waals surface area (Å²) in [5, 5.41) is 12.8. The summed E-state index contributed by atoms with van der Waals surface area (Å²) < 4.78 is 0. The van der Waals surface area contributed by atoms with Gasteiger partial charge in [-0.05, 0) is 31.8 Å². The first kappa shape index (κ1) is 13.2. The fourth-order valence-corrected chi connectivity index (χ4v) is 3.45. The lowest BCUT2D eigenvalue weighted by molar-refractivity contribution is -0.121. The molecule has 2 atom stereocenters. The number of nitrogens with one attached hydrogen (secondary N) is 1. The molecule has 3 nitrogen and oxygen atoms in total. The van der Waals surface area contributed by atoms with E-state index in [2.05, 4.69) is 5.32 Å². The van der Waals surface area contributed by atoms with E-state index >= 15 is 0 Å². The lowest BCUT2D eigenvalue weighted by atomic mass is 10.1. The minimum atomic E-state index is -0.793. The molecule has 0 aromatic carbocycles. The van der Waals surface area contributed by atoms with Gasteiger partial charge in [-0.1, -0.05) is 0 Å². The van der Waals surface area contributed by atoms with Gasteiger partial charge < -0.3 is 10.4 Å². The maximum atomic E-state index is 11.6. The number of amides is 1. The minimum absolute atomic E-state index is 0.0823. The van der Waals surface area contributed by atoms with E-state index in [9.17, 15) is 9.90 Å². The van der Waals surface area contributed by atoms with Crippen LogP contribution in [0.2, 0.25) is 0 Å². The highest BCUT2D eigenvalue weighted by Crippen LogP contribution is 2.26. The van der Waals surface area contributed by atoms with E-state index in [1.807, 2.05) is 6.26 Å². The Morgan fingerprint density at radius 2 is 2.47 bits per heavy atom. The molecule has 1 aliphatic heterocycles. The third kappa shape index (κ3) is 4.66. The van der Waals surface area contributed by atoms with Crippen molar-refractivity contribution in [2.45, 2.75) is 30.6 Å². The molecule has 0 radical (unpaired) electrons. The van der Waals surface area contributed by atoms with Crippen LogP contribution in [-0.2, 0) is 4.79 Å². The fourth-order valence-electron chi connectivity index (χ4n) is 1.54. The molecule has 0 aromatic rings. The zero-order valence-electron chi connectivity index (χ0n) is 9.28. The summed E-state index contributed by atoms with van der Waals surface area (Å²) in [6, 6.07) is 0. The van der Waals surface area contributed by atoms with Gasteiger partial charge in [0.1, 0.15) is 0 Å². The molecule has 0 saturated carbocycles. The maximum Gasteiger partial charge on any atom is 0.233 e. The first-order chi connectivity index (χ1) is 7.05. The molecule has 1 amide bonds. The Bertz CT molecular complexity index is 215. The first-order valence-electron chi connectivity index (χ1n) is 5.16. The van der Waals surface area contributed by atoms with Crippen LogP contribution in [0.4, 0.5) is 0 Å². The lowest BCUT2D eigenvalue weighted by Crippen LogP contribution is -2.44. The Labute approximate surface area is 99.8 Å². The van der Waals surface area contributed by atoms with E-state index < -0.39 is 5.60 Å². The molecule has 88 valence electrons. The Morgan fingerprint density at radius 1 is 1.73 bits per heavy atom. The molecule has 1 rings (SSSR count). The van der Waals surface area contributed by atoms with Crippen molar-refractivity contribution in [3.05, 3.63) is 0 Å². The van der Waals surface area contributed by atoms with Gasteiger partial charge in [0.2, 0.25) is 5.91 Å². The molecule has 1 aliphatic rings. The van der Waals surface area contributed by atoms with Crippen molar-refractivity contribution in [2.24, 2.45) is 0 Å². The molecule has 1 saturated heterocycles. The van der Waals surface area contributed by atoms with Crippen LogP contribution in [0, 0.1) is 0 Å². The molecular weight excluding hydrogens is 230 g/mol. The highest BCUT2D eigenvalue weighted by molar-refractivity contribution is 8.00. The average molecular weight is 249 g/mol. The average Bonchev–Trinajstić information content (AvgIpc) is 2.67. The molecule has 1 fully saturated rings. The Morgan fingerprint density at radius 3 is 3.00 bits per heavy atom. The zero-order chi connectivity index (χ0) is 11.3. The molecule has 1 heterocycles. The summed E-state index contributed by atoms with van der Waals surface area (Å²) in [6.45, 7) is 2.11. The van der Waals surface area contributed by atoms with Crippen molar-refractivity contribution in [1.29, 1.82) is 0 Å². The number of aliphatic hydroxyl groups is 1. The van der Waals surface area contributed by atoms with Crippen LogP contribution < -0.4 is 5.32 Å². The van der Waals surface area contributed by atoms with E-state index in [0.717, 1.165) is 18.6 Å². The molecule has 15 heavy (non-hydrogen) atoms. The molecule has 0 spiro atoms. The summed E-state index contributed by atoms with van der Waals surface area (Å²) in [5.41, 5.74) is -0.793. The van der Waals surface area contributed by atoms with E-state index in [-0.39, 0.29) is 11.2 Å². The topological polar surface area (TPSA) is 49.3 Å². The fraction of sp³-hybridized carbons (Fsp3) is 0.900. The van der Waals surface area contributed by atoms with Crippen LogP contribution in [0.25, 0.3) is 0 Å². The summed E-state index contributed by atoms with van der Waals surface area (Å²) in [4.78, 5) is 11.6. The van der Waals surface area contributed by atoms with Crippen LogP contribution >= 0.6 is 23.5 Å². The van der Waals surface area contributed by atoms with Gasteiger partial charge >= 0.3 is 0 Å². The Hall–Kier alpha value is 0.130. The van der Waals surface area contributed by atoms with E-state index in [4.69, 9.17) is 0 Å². The van der Waals surface area contributed by atoms with Gasteiger partial charge in [0.05, 0.1) is 10.9 Å². The van der Waals surface area contributed by atoms with Crippen molar-refractivity contribution in [2.75, 3.05) is 24.3 Å². The second kappa shape index (κ2) is 6.01. The minimum Gasteiger partial charge on any atom is -0.387 e. The highest BCUT2D eigenvalue weighted by Gasteiger charge is 2.26. The molecular formula is C10H19NO2S2. The van der Waals surface area contributed by atoms with Gasteiger partial charge in [-0.3, -0.25) is 4.79 Å². The van der Waals surface area contributed by atoms with Crippen LogP contribution in [0.15, 0.2) is 0 Å². The van der Waals surface area contributed by atoms with Crippen molar-refractivity contribution in [3.63, 3.8) is 0 Å². The quantitative estimate of drug-likeness (QED) is 0.766. The van der Waals surface area contributed by atoms with Crippen LogP contribution in [0.5, 0.6) is 0 Å². The van der Waals surface area contributed by atoms with Gasteiger partial charge in [0.25, 0.3) is 0 Å². The molecule has 2 unspecified atom stereocenters. The summed E-state index contributed by atoms with van der Waals surface area (Å²) in [5.74, 6) is 1.81. The molecule has 2 N–H and O–H groups in total. The van der Waals surface area contributed by atoms with Gasteiger partial charge in [-0.15, -0.1) is 11.8 Å². The third-order valence-electron chi connectivity index (χ3n) is 2.32. The zero-order valence-corrected chi connectivity index (χ0v) is 10.9. The van der Waals surface area contributed by atoms with Gasteiger partial charge in [0, 0.05) is 12.3 Å². The summed E-state index contributed by atoms with van der Waals surface area (Å²) in [7, 11) is 0. The second-order valence-electron chi connectivity index (χ2n) is 4.15. The molecule has 0 aromatic heterocycles. The predicted octanol–water partition coefficient (Wildman–Crippen LogP) is 1.11. The SMILES string of the molecule is CSCC(C)(O)CNC(=O)C1CCCS1. The standard InChI is InChI=1S/C10H19NO2S2/c1-10(13,7-14-2)6-11-9(12)8-4-3-5-15-8/h8,13H,3-7H2,1-2H3,(H,11,12). The van der Waals surface area contributed by atoms with Gasteiger partial charge in [-0.2, -0.15) is 11.8 Å². The first-order valence-corrected chi connectivity index (χ1v) is 7.60. The monoisotopic (exact) mass is 249 g/mol. The number of carbonyl (C=O) groups excluding carboxylic acids is 1. The van der Waals surface area contributed by atoms with Gasteiger partial charge in [-0.25, -0.2) is 0 Å². The number of carbonyl (C=O) groups is 1. The number of rotatable bonds is 5. The molecule has 0 aliphatic carbocycles. The van der Waals surface area contributed by atoms with E-state index in [1.165, 1.54) is 0 Å². The van der Waals surface area contributed by atoms with Crippen LogP contribution in [0.3, 0.4) is 0 Å². The number of thioether (sulfide) groups is 2. The van der Waals surface area contributed by atoms with Crippen molar-refractivity contribution in [1.82, 2.24) is 5.32 Å². The number of hydrogen-bond donors (Lipinski definition) is 2. The second-order valence-corrected chi connectivity index (χ2v) is 6.33. The van der Waals surface area contributed by atoms with E-state index in [1.54, 1.807) is 30.4 Å². The Kier molecular flexibility index (Phi) is 5.29. The predicted molar refractivity (Wildman–Crippen MR) is 67.5 cm³/mol. The van der Waals surface area contributed by atoms with Gasteiger partial charge in [0.15, 0.2) is 0 Å². The Balaban J connectivity index is 2.26. The number of hydrogen-bond acceptors (Lipinski definition) is 4. The summed E-state index contributed by atoms with van der Waals surface area (Å²) in [6.07, 6.45) is 4.05. The van der Waals surface area contributed by atoms with Crippen molar-refractivity contribution in [3.8, 4) is 0 Å². The smallest absolute Gasteiger partial charge is 0.233 e. The molecule has 0 bridgehead atoms. The third-order valence-corrected chi connectivity index (χ3v) is 4.61. The van der Waals surface area contributed by atoms with E-state index in [0.29, 0.717) is 12.3 Å². The molecule has 5 heteroatoms. The van der Waals surface area contributed by atoms with Crippen molar-refractivity contribution < 1.29 is 9.90 Å². The lowest BCUT2D eigenvalue weighted by Gasteiger charge is -2.23. The normalized spacial score (nSPS) is 24.9. The maximum absolute atomic E-state index is 11.6. The van der Waals surface area contributed by atoms with Crippen molar-refractivity contribution >= 4 is 29.4 Å². The van der Waals surface area contributed by atoms with Crippen LogP contribution in [0.1, 0.15) is 19.8 Å². The summed E-state index contributed by atoms with van der Waals surface area (Å²) >= 11 is 3.30. The highest BCUT2D eigenvalue weighted by atomic mass is 32.2. The largest absolute Gasteiger partial charge is 0.387 e. The van der Waals surface area contributed by atoms with Crippen LogP contribution in [-0.4, -0.2) is 46.2 Å².